The van der Waals surface area contributed by atoms with E-state index < -0.39 is 0 Å². The Morgan fingerprint density at radius 2 is 1.94 bits per heavy atom. The largest absolute Gasteiger partial charge is 0.331 e. The zero-order chi connectivity index (χ0) is 11.7. The summed E-state index contributed by atoms with van der Waals surface area (Å²) >= 11 is 5.83. The van der Waals surface area contributed by atoms with Crippen LogP contribution in [0.4, 0.5) is 0 Å². The summed E-state index contributed by atoms with van der Waals surface area (Å²) in [6, 6.07) is 7.36. The van der Waals surface area contributed by atoms with Crippen LogP contribution in [0.25, 0.3) is 11.3 Å². The molecule has 0 aliphatic carbocycles. The second-order valence-electron chi connectivity index (χ2n) is 3.58. The smallest absolute Gasteiger partial charge is 0.170 e. The fourth-order valence-electron chi connectivity index (χ4n) is 1.67. The van der Waals surface area contributed by atoms with Crippen LogP contribution in [0.5, 0.6) is 0 Å². The minimum absolute atomic E-state index is 0.460. The highest BCUT2D eigenvalue weighted by molar-refractivity contribution is 6.30. The molecule has 0 aliphatic heterocycles. The number of aromatic nitrogens is 2. The maximum absolute atomic E-state index is 10.9. The number of nitrogens with zero attached hydrogens (tertiary/aromatic N) is 2. The van der Waals surface area contributed by atoms with Gasteiger partial charge in [0.25, 0.3) is 0 Å². The number of aldehydes is 1. The number of carbonyl (C=O) groups is 1. The molecule has 2 rings (SSSR count). The molecule has 1 aromatic heterocycles. The first-order chi connectivity index (χ1) is 7.63. The van der Waals surface area contributed by atoms with Crippen molar-refractivity contribution in [3.63, 3.8) is 0 Å². The van der Waals surface area contributed by atoms with E-state index in [0.717, 1.165) is 23.4 Å². The van der Waals surface area contributed by atoms with E-state index in [4.69, 9.17) is 11.6 Å². The van der Waals surface area contributed by atoms with Crippen molar-refractivity contribution >= 4 is 17.9 Å². The Balaban J connectivity index is 2.62. The van der Waals surface area contributed by atoms with Crippen molar-refractivity contribution in [1.82, 2.24) is 9.55 Å². The molecule has 82 valence electrons. The van der Waals surface area contributed by atoms with E-state index in [1.54, 1.807) is 12.1 Å². The fourth-order valence-corrected chi connectivity index (χ4v) is 1.79. The number of halogens is 1. The third-order valence-corrected chi connectivity index (χ3v) is 2.83. The summed E-state index contributed by atoms with van der Waals surface area (Å²) in [6.45, 7) is 1.87. The molecule has 0 radical (unpaired) electrons. The number of carbonyl (C=O) groups excluding carboxylic acids is 1. The molecule has 2 aromatic rings. The van der Waals surface area contributed by atoms with Gasteiger partial charge in [0.15, 0.2) is 6.29 Å². The monoisotopic (exact) mass is 234 g/mol. The van der Waals surface area contributed by atoms with Gasteiger partial charge in [-0.3, -0.25) is 4.79 Å². The second kappa shape index (κ2) is 4.10. The number of hydrogen-bond donors (Lipinski definition) is 0. The van der Waals surface area contributed by atoms with Gasteiger partial charge in [0, 0.05) is 17.6 Å². The van der Waals surface area contributed by atoms with Crippen molar-refractivity contribution in [3.05, 3.63) is 40.8 Å². The minimum Gasteiger partial charge on any atom is -0.331 e. The highest BCUT2D eigenvalue weighted by Crippen LogP contribution is 2.24. The van der Waals surface area contributed by atoms with Crippen molar-refractivity contribution in [2.45, 2.75) is 6.92 Å². The standard InChI is InChI=1S/C12H11ClN2O/c1-8-14-11(7-16)12(15(8)2)9-3-5-10(13)6-4-9/h3-7H,1-2H3. The van der Waals surface area contributed by atoms with Gasteiger partial charge in [-0.1, -0.05) is 23.7 Å². The zero-order valence-corrected chi connectivity index (χ0v) is 9.82. The van der Waals surface area contributed by atoms with Crippen molar-refractivity contribution < 1.29 is 4.79 Å². The lowest BCUT2D eigenvalue weighted by atomic mass is 10.1. The zero-order valence-electron chi connectivity index (χ0n) is 9.07. The number of hydrogen-bond acceptors (Lipinski definition) is 2. The average Bonchev–Trinajstić information content (AvgIpc) is 2.57. The predicted octanol–water partition coefficient (Wildman–Crippen LogP) is 2.86. The average molecular weight is 235 g/mol. The normalized spacial score (nSPS) is 10.4. The Morgan fingerprint density at radius 1 is 1.31 bits per heavy atom. The lowest BCUT2D eigenvalue weighted by Gasteiger charge is -2.04. The van der Waals surface area contributed by atoms with Crippen molar-refractivity contribution in [1.29, 1.82) is 0 Å². The Labute approximate surface area is 98.7 Å². The summed E-state index contributed by atoms with van der Waals surface area (Å²) in [5.41, 5.74) is 2.22. The van der Waals surface area contributed by atoms with Crippen molar-refractivity contribution in [2.24, 2.45) is 7.05 Å². The maximum atomic E-state index is 10.9. The van der Waals surface area contributed by atoms with Crippen LogP contribution in [0, 0.1) is 6.92 Å². The minimum atomic E-state index is 0.460. The molecule has 0 bridgehead atoms. The molecule has 0 amide bonds. The van der Waals surface area contributed by atoms with Gasteiger partial charge < -0.3 is 4.57 Å². The van der Waals surface area contributed by atoms with Crippen LogP contribution in [-0.2, 0) is 7.05 Å². The topological polar surface area (TPSA) is 34.9 Å². The fraction of sp³-hybridized carbons (Fsp3) is 0.167. The van der Waals surface area contributed by atoms with Gasteiger partial charge in [-0.25, -0.2) is 4.98 Å². The summed E-state index contributed by atoms with van der Waals surface area (Å²) < 4.78 is 1.90. The molecular weight excluding hydrogens is 224 g/mol. The Hall–Kier alpha value is -1.61. The Bertz CT molecular complexity index is 529. The molecular formula is C12H11ClN2O. The molecule has 16 heavy (non-hydrogen) atoms. The van der Waals surface area contributed by atoms with E-state index in [1.165, 1.54) is 0 Å². The van der Waals surface area contributed by atoms with Gasteiger partial charge >= 0.3 is 0 Å². The summed E-state index contributed by atoms with van der Waals surface area (Å²) in [6.07, 6.45) is 0.775. The number of aryl methyl sites for hydroxylation is 1. The van der Waals surface area contributed by atoms with Gasteiger partial charge in [-0.05, 0) is 19.1 Å². The van der Waals surface area contributed by atoms with Crippen LogP contribution in [0.2, 0.25) is 5.02 Å². The summed E-state index contributed by atoms with van der Waals surface area (Å²) in [5.74, 6) is 0.812. The second-order valence-corrected chi connectivity index (χ2v) is 4.01. The van der Waals surface area contributed by atoms with Gasteiger partial charge in [0.05, 0.1) is 5.69 Å². The van der Waals surface area contributed by atoms with E-state index in [-0.39, 0.29) is 0 Å². The number of benzene rings is 1. The van der Waals surface area contributed by atoms with Crippen LogP contribution < -0.4 is 0 Å². The van der Waals surface area contributed by atoms with Gasteiger partial charge in [-0.15, -0.1) is 0 Å². The summed E-state index contributed by atoms with van der Waals surface area (Å²) in [7, 11) is 1.89. The van der Waals surface area contributed by atoms with Crippen LogP contribution in [0.15, 0.2) is 24.3 Å². The van der Waals surface area contributed by atoms with Gasteiger partial charge in [0.1, 0.15) is 11.5 Å². The first kappa shape index (κ1) is 10.9. The molecule has 3 nitrogen and oxygen atoms in total. The molecule has 0 N–H and O–H groups in total. The van der Waals surface area contributed by atoms with Crippen LogP contribution in [0.3, 0.4) is 0 Å². The van der Waals surface area contributed by atoms with Crippen LogP contribution >= 0.6 is 11.6 Å². The SMILES string of the molecule is Cc1nc(C=O)c(-c2ccc(Cl)cc2)n1C. The predicted molar refractivity (Wildman–Crippen MR) is 63.8 cm³/mol. The molecule has 0 fully saturated rings. The maximum Gasteiger partial charge on any atom is 0.170 e. The van der Waals surface area contributed by atoms with E-state index >= 15 is 0 Å². The van der Waals surface area contributed by atoms with Crippen molar-refractivity contribution in [3.8, 4) is 11.3 Å². The molecule has 1 heterocycles. The Morgan fingerprint density at radius 3 is 2.50 bits per heavy atom. The summed E-state index contributed by atoms with van der Waals surface area (Å²) in [4.78, 5) is 15.1. The first-order valence-electron chi connectivity index (χ1n) is 4.88. The quantitative estimate of drug-likeness (QED) is 0.749. The molecule has 0 spiro atoms. The van der Waals surface area contributed by atoms with Crippen molar-refractivity contribution in [2.75, 3.05) is 0 Å². The molecule has 0 saturated heterocycles. The van der Waals surface area contributed by atoms with E-state index in [2.05, 4.69) is 4.98 Å². The lowest BCUT2D eigenvalue weighted by Crippen LogP contribution is -1.95. The number of rotatable bonds is 2. The number of imidazole rings is 1. The lowest BCUT2D eigenvalue weighted by molar-refractivity contribution is 0.112. The summed E-state index contributed by atoms with van der Waals surface area (Å²) in [5, 5.41) is 0.676. The van der Waals surface area contributed by atoms with E-state index in [0.29, 0.717) is 10.7 Å². The molecule has 0 saturated carbocycles. The van der Waals surface area contributed by atoms with Crippen LogP contribution in [0.1, 0.15) is 16.3 Å². The van der Waals surface area contributed by atoms with E-state index in [9.17, 15) is 4.79 Å². The van der Waals surface area contributed by atoms with Gasteiger partial charge in [0.2, 0.25) is 0 Å². The highest BCUT2D eigenvalue weighted by Gasteiger charge is 2.13. The Kier molecular flexibility index (Phi) is 2.79. The molecule has 0 aliphatic rings. The third kappa shape index (κ3) is 1.74. The molecule has 0 unspecified atom stereocenters. The first-order valence-corrected chi connectivity index (χ1v) is 5.25. The molecule has 4 heteroatoms. The molecule has 0 atom stereocenters. The highest BCUT2D eigenvalue weighted by atomic mass is 35.5. The van der Waals surface area contributed by atoms with E-state index in [1.807, 2.05) is 30.7 Å². The van der Waals surface area contributed by atoms with Crippen LogP contribution in [-0.4, -0.2) is 15.8 Å². The third-order valence-electron chi connectivity index (χ3n) is 2.57. The molecule has 1 aromatic carbocycles. The van der Waals surface area contributed by atoms with Gasteiger partial charge in [-0.2, -0.15) is 0 Å².